The Balaban J connectivity index is 2.09. The monoisotopic (exact) mass is 197 g/mol. The summed E-state index contributed by atoms with van der Waals surface area (Å²) < 4.78 is 0. The molecular weight excluding hydrogens is 178 g/mol. The van der Waals surface area contributed by atoms with E-state index in [0.717, 1.165) is 32.4 Å². The van der Waals surface area contributed by atoms with E-state index < -0.39 is 5.97 Å². The molecule has 1 saturated heterocycles. The second-order valence-electron chi connectivity index (χ2n) is 5.05. The SMILES string of the molecule is CC1CC1(C(=O)O)C1CCCN(C)C1. The van der Waals surface area contributed by atoms with Gasteiger partial charge in [-0.25, -0.2) is 0 Å². The highest BCUT2D eigenvalue weighted by Gasteiger charge is 2.62. The van der Waals surface area contributed by atoms with Crippen molar-refractivity contribution in [3.05, 3.63) is 0 Å². The van der Waals surface area contributed by atoms with Gasteiger partial charge in [0, 0.05) is 6.54 Å². The lowest BCUT2D eigenvalue weighted by molar-refractivity contribution is -0.147. The standard InChI is InChI=1S/C11H19NO2/c1-8-6-11(8,10(13)14)9-4-3-5-12(2)7-9/h8-9H,3-7H2,1-2H3,(H,13,14). The predicted octanol–water partition coefficient (Wildman–Crippen LogP) is 1.44. The number of hydrogen-bond donors (Lipinski definition) is 1. The van der Waals surface area contributed by atoms with Gasteiger partial charge >= 0.3 is 5.97 Å². The lowest BCUT2D eigenvalue weighted by atomic mass is 9.81. The largest absolute Gasteiger partial charge is 0.481 e. The molecule has 1 saturated carbocycles. The second kappa shape index (κ2) is 3.23. The summed E-state index contributed by atoms with van der Waals surface area (Å²) in [7, 11) is 2.09. The molecule has 2 fully saturated rings. The van der Waals surface area contributed by atoms with E-state index in [0.29, 0.717) is 11.8 Å². The number of aliphatic carboxylic acids is 1. The van der Waals surface area contributed by atoms with Crippen molar-refractivity contribution >= 4 is 5.97 Å². The van der Waals surface area contributed by atoms with Crippen LogP contribution in [0, 0.1) is 17.3 Å². The molecule has 0 aromatic carbocycles. The maximum Gasteiger partial charge on any atom is 0.310 e. The van der Waals surface area contributed by atoms with Gasteiger partial charge in [-0.2, -0.15) is 0 Å². The first-order valence-corrected chi connectivity index (χ1v) is 5.49. The minimum absolute atomic E-state index is 0.366. The zero-order chi connectivity index (χ0) is 10.3. The Kier molecular flexibility index (Phi) is 2.30. The molecule has 80 valence electrons. The lowest BCUT2D eigenvalue weighted by Crippen LogP contribution is -2.40. The summed E-state index contributed by atoms with van der Waals surface area (Å²) in [5, 5.41) is 9.29. The molecule has 3 unspecified atom stereocenters. The molecular formula is C11H19NO2. The summed E-state index contributed by atoms with van der Waals surface area (Å²) in [6, 6.07) is 0. The molecule has 2 rings (SSSR count). The van der Waals surface area contributed by atoms with Crippen LogP contribution in [0.1, 0.15) is 26.2 Å². The van der Waals surface area contributed by atoms with Crippen molar-refractivity contribution in [2.24, 2.45) is 17.3 Å². The predicted molar refractivity (Wildman–Crippen MR) is 54.1 cm³/mol. The summed E-state index contributed by atoms with van der Waals surface area (Å²) in [5.74, 6) is 0.204. The highest BCUT2D eigenvalue weighted by Crippen LogP contribution is 2.59. The van der Waals surface area contributed by atoms with Crippen LogP contribution in [0.2, 0.25) is 0 Å². The first kappa shape index (κ1) is 9.97. The van der Waals surface area contributed by atoms with Gasteiger partial charge in [-0.1, -0.05) is 6.92 Å². The molecule has 0 aromatic heterocycles. The van der Waals surface area contributed by atoms with Crippen molar-refractivity contribution < 1.29 is 9.90 Å². The van der Waals surface area contributed by atoms with E-state index in [-0.39, 0.29) is 5.41 Å². The van der Waals surface area contributed by atoms with Crippen molar-refractivity contribution in [2.45, 2.75) is 26.2 Å². The van der Waals surface area contributed by atoms with E-state index >= 15 is 0 Å². The maximum absolute atomic E-state index is 11.3. The molecule has 0 bridgehead atoms. The van der Waals surface area contributed by atoms with E-state index in [4.69, 9.17) is 0 Å². The van der Waals surface area contributed by atoms with Gasteiger partial charge in [-0.3, -0.25) is 4.79 Å². The minimum atomic E-state index is -0.565. The third kappa shape index (κ3) is 1.34. The number of piperidine rings is 1. The number of likely N-dealkylation sites (tertiary alicyclic amines) is 1. The Bertz CT molecular complexity index is 254. The molecule has 0 spiro atoms. The van der Waals surface area contributed by atoms with Crippen molar-refractivity contribution in [3.63, 3.8) is 0 Å². The van der Waals surface area contributed by atoms with Crippen LogP contribution in [0.3, 0.4) is 0 Å². The number of carbonyl (C=O) groups is 1. The molecule has 1 aliphatic heterocycles. The summed E-state index contributed by atoms with van der Waals surface area (Å²) >= 11 is 0. The van der Waals surface area contributed by atoms with Crippen molar-refractivity contribution in [3.8, 4) is 0 Å². The zero-order valence-corrected chi connectivity index (χ0v) is 8.99. The van der Waals surface area contributed by atoms with E-state index in [1.54, 1.807) is 0 Å². The topological polar surface area (TPSA) is 40.5 Å². The second-order valence-corrected chi connectivity index (χ2v) is 5.05. The van der Waals surface area contributed by atoms with Crippen LogP contribution < -0.4 is 0 Å². The molecule has 1 heterocycles. The van der Waals surface area contributed by atoms with Gasteiger partial charge in [0.1, 0.15) is 0 Å². The minimum Gasteiger partial charge on any atom is -0.481 e. The number of hydrogen-bond acceptors (Lipinski definition) is 2. The van der Waals surface area contributed by atoms with Gasteiger partial charge in [0.2, 0.25) is 0 Å². The average Bonchev–Trinajstić information content (AvgIpc) is 2.79. The third-order valence-corrected chi connectivity index (χ3v) is 4.11. The summed E-state index contributed by atoms with van der Waals surface area (Å²) in [4.78, 5) is 13.5. The van der Waals surface area contributed by atoms with Crippen LogP contribution in [0.25, 0.3) is 0 Å². The number of nitrogens with zero attached hydrogens (tertiary/aromatic N) is 1. The van der Waals surface area contributed by atoms with Gasteiger partial charge in [-0.05, 0) is 44.7 Å². The molecule has 3 nitrogen and oxygen atoms in total. The molecule has 0 radical (unpaired) electrons. The van der Waals surface area contributed by atoms with Crippen LogP contribution in [-0.4, -0.2) is 36.1 Å². The van der Waals surface area contributed by atoms with Gasteiger partial charge < -0.3 is 10.0 Å². The maximum atomic E-state index is 11.3. The molecule has 14 heavy (non-hydrogen) atoms. The Morgan fingerprint density at radius 2 is 2.21 bits per heavy atom. The average molecular weight is 197 g/mol. The van der Waals surface area contributed by atoms with Crippen LogP contribution in [-0.2, 0) is 4.79 Å². The van der Waals surface area contributed by atoms with Gasteiger partial charge in [0.25, 0.3) is 0 Å². The Labute approximate surface area is 85.1 Å². The zero-order valence-electron chi connectivity index (χ0n) is 8.99. The molecule has 3 atom stereocenters. The van der Waals surface area contributed by atoms with E-state index in [9.17, 15) is 9.90 Å². The summed E-state index contributed by atoms with van der Waals surface area (Å²) in [6.07, 6.45) is 3.14. The van der Waals surface area contributed by atoms with E-state index in [1.807, 2.05) is 0 Å². The van der Waals surface area contributed by atoms with Crippen LogP contribution >= 0.6 is 0 Å². The fourth-order valence-electron chi connectivity index (χ4n) is 3.08. The Morgan fingerprint density at radius 1 is 1.57 bits per heavy atom. The molecule has 3 heteroatoms. The number of carboxylic acid groups (broad SMARTS) is 1. The third-order valence-electron chi connectivity index (χ3n) is 4.11. The highest BCUT2D eigenvalue weighted by atomic mass is 16.4. The summed E-state index contributed by atoms with van der Waals surface area (Å²) in [5.41, 5.74) is -0.366. The first-order valence-electron chi connectivity index (χ1n) is 5.49. The smallest absolute Gasteiger partial charge is 0.310 e. The van der Waals surface area contributed by atoms with Crippen molar-refractivity contribution in [1.82, 2.24) is 4.90 Å². The van der Waals surface area contributed by atoms with Gasteiger partial charge in [0.05, 0.1) is 5.41 Å². The molecule has 1 aliphatic carbocycles. The Hall–Kier alpha value is -0.570. The number of rotatable bonds is 2. The highest BCUT2D eigenvalue weighted by molar-refractivity contribution is 5.79. The first-order chi connectivity index (χ1) is 6.57. The quantitative estimate of drug-likeness (QED) is 0.728. The van der Waals surface area contributed by atoms with Crippen LogP contribution in [0.4, 0.5) is 0 Å². The van der Waals surface area contributed by atoms with Gasteiger partial charge in [0.15, 0.2) is 0 Å². The normalized spacial score (nSPS) is 43.6. The van der Waals surface area contributed by atoms with Gasteiger partial charge in [-0.15, -0.1) is 0 Å². The van der Waals surface area contributed by atoms with E-state index in [1.165, 1.54) is 0 Å². The molecule has 2 aliphatic rings. The van der Waals surface area contributed by atoms with Crippen LogP contribution in [0.15, 0.2) is 0 Å². The van der Waals surface area contributed by atoms with E-state index in [2.05, 4.69) is 18.9 Å². The molecule has 1 N–H and O–H groups in total. The number of carboxylic acids is 1. The fourth-order valence-corrected chi connectivity index (χ4v) is 3.08. The van der Waals surface area contributed by atoms with Crippen molar-refractivity contribution in [2.75, 3.05) is 20.1 Å². The Morgan fingerprint density at radius 3 is 2.64 bits per heavy atom. The fraction of sp³-hybridized carbons (Fsp3) is 0.909. The van der Waals surface area contributed by atoms with Crippen molar-refractivity contribution in [1.29, 1.82) is 0 Å². The summed E-state index contributed by atoms with van der Waals surface area (Å²) in [6.45, 7) is 4.17. The van der Waals surface area contributed by atoms with Crippen LogP contribution in [0.5, 0.6) is 0 Å². The molecule has 0 aromatic rings. The molecule has 0 amide bonds. The lowest BCUT2D eigenvalue weighted by Gasteiger charge is -2.34.